The summed E-state index contributed by atoms with van der Waals surface area (Å²) in [6.45, 7) is 1.23. The fourth-order valence-corrected chi connectivity index (χ4v) is 2.24. The summed E-state index contributed by atoms with van der Waals surface area (Å²) in [6, 6.07) is 0.767. The highest BCUT2D eigenvalue weighted by Crippen LogP contribution is 2.30. The van der Waals surface area contributed by atoms with Crippen molar-refractivity contribution in [2.24, 2.45) is 5.92 Å². The van der Waals surface area contributed by atoms with Crippen LogP contribution in [-0.2, 0) is 4.74 Å². The van der Waals surface area contributed by atoms with E-state index in [1.807, 2.05) is 7.11 Å². The fourth-order valence-electron chi connectivity index (χ4n) is 2.24. The highest BCUT2D eigenvalue weighted by Gasteiger charge is 2.33. The number of rotatable bonds is 1. The van der Waals surface area contributed by atoms with E-state index in [-0.39, 0.29) is 0 Å². The number of hydrogen-bond donors (Lipinski definition) is 1. The quantitative estimate of drug-likeness (QED) is 0.582. The third kappa shape index (κ3) is 1.06. The summed E-state index contributed by atoms with van der Waals surface area (Å²) < 4.78 is 5.33. The second-order valence-corrected chi connectivity index (χ2v) is 3.54. The van der Waals surface area contributed by atoms with Gasteiger partial charge in [-0.1, -0.05) is 0 Å². The van der Waals surface area contributed by atoms with Gasteiger partial charge in [0.1, 0.15) is 0 Å². The van der Waals surface area contributed by atoms with Crippen LogP contribution >= 0.6 is 0 Å². The van der Waals surface area contributed by atoms with Gasteiger partial charge in [-0.05, 0) is 31.7 Å². The van der Waals surface area contributed by atoms with Gasteiger partial charge < -0.3 is 10.1 Å². The van der Waals surface area contributed by atoms with Gasteiger partial charge in [-0.15, -0.1) is 0 Å². The van der Waals surface area contributed by atoms with Gasteiger partial charge in [-0.2, -0.15) is 0 Å². The van der Waals surface area contributed by atoms with Crippen LogP contribution in [0.1, 0.15) is 19.3 Å². The van der Waals surface area contributed by atoms with Crippen LogP contribution in [0.15, 0.2) is 0 Å². The highest BCUT2D eigenvalue weighted by atomic mass is 16.5. The lowest BCUT2D eigenvalue weighted by Gasteiger charge is -2.25. The van der Waals surface area contributed by atoms with Crippen molar-refractivity contribution in [3.05, 3.63) is 0 Å². The van der Waals surface area contributed by atoms with Gasteiger partial charge in [0, 0.05) is 13.2 Å². The van der Waals surface area contributed by atoms with Crippen molar-refractivity contribution in [1.29, 1.82) is 0 Å². The molecule has 0 aromatic carbocycles. The van der Waals surface area contributed by atoms with Crippen LogP contribution < -0.4 is 5.32 Å². The Bertz CT molecular complexity index is 114. The number of hydrogen-bond acceptors (Lipinski definition) is 2. The first-order valence-corrected chi connectivity index (χ1v) is 4.14. The van der Waals surface area contributed by atoms with E-state index in [4.69, 9.17) is 4.74 Å². The summed E-state index contributed by atoms with van der Waals surface area (Å²) in [5.74, 6) is 0.906. The Morgan fingerprint density at radius 3 is 2.90 bits per heavy atom. The molecule has 2 rings (SSSR count). The maximum Gasteiger partial charge on any atom is 0.0589 e. The number of ether oxygens (including phenoxy) is 1. The summed E-state index contributed by atoms with van der Waals surface area (Å²) in [6.07, 6.45) is 4.44. The maximum absolute atomic E-state index is 5.33. The topological polar surface area (TPSA) is 21.3 Å². The Hall–Kier alpha value is -0.0800. The summed E-state index contributed by atoms with van der Waals surface area (Å²) >= 11 is 0. The molecule has 0 radical (unpaired) electrons. The van der Waals surface area contributed by atoms with Crippen LogP contribution in [-0.4, -0.2) is 25.8 Å². The Morgan fingerprint density at radius 1 is 1.30 bits per heavy atom. The van der Waals surface area contributed by atoms with Gasteiger partial charge in [0.25, 0.3) is 0 Å². The first kappa shape index (κ1) is 6.62. The minimum atomic E-state index is 0.541. The van der Waals surface area contributed by atoms with Crippen molar-refractivity contribution < 1.29 is 4.74 Å². The monoisotopic (exact) mass is 141 g/mol. The maximum atomic E-state index is 5.33. The molecule has 2 fully saturated rings. The van der Waals surface area contributed by atoms with E-state index < -0.39 is 0 Å². The molecule has 0 unspecified atom stereocenters. The predicted molar refractivity (Wildman–Crippen MR) is 39.9 cm³/mol. The van der Waals surface area contributed by atoms with Crippen LogP contribution in [0.4, 0.5) is 0 Å². The SMILES string of the molecule is CO[C@@H]1C[C@H]2CN[C@H](C2)C1. The summed E-state index contributed by atoms with van der Waals surface area (Å²) in [5, 5.41) is 3.50. The Balaban J connectivity index is 1.96. The predicted octanol–water partition coefficient (Wildman–Crippen LogP) is 0.773. The first-order valence-electron chi connectivity index (χ1n) is 4.14. The lowest BCUT2D eigenvalue weighted by molar-refractivity contribution is 0.0576. The van der Waals surface area contributed by atoms with Crippen LogP contribution in [0.5, 0.6) is 0 Å². The van der Waals surface area contributed by atoms with E-state index >= 15 is 0 Å². The Morgan fingerprint density at radius 2 is 2.20 bits per heavy atom. The van der Waals surface area contributed by atoms with Gasteiger partial charge in [0.15, 0.2) is 0 Å². The molecule has 0 amide bonds. The van der Waals surface area contributed by atoms with Crippen molar-refractivity contribution in [3.8, 4) is 0 Å². The molecule has 0 aromatic heterocycles. The zero-order valence-electron chi connectivity index (χ0n) is 6.47. The van der Waals surface area contributed by atoms with E-state index in [1.54, 1.807) is 0 Å². The second-order valence-electron chi connectivity index (χ2n) is 3.54. The molecule has 10 heavy (non-hydrogen) atoms. The zero-order chi connectivity index (χ0) is 6.97. The van der Waals surface area contributed by atoms with E-state index in [0.29, 0.717) is 6.10 Å². The molecule has 1 heterocycles. The largest absolute Gasteiger partial charge is 0.381 e. The van der Waals surface area contributed by atoms with Crippen LogP contribution in [0, 0.1) is 5.92 Å². The molecule has 0 spiro atoms. The number of methoxy groups -OCH3 is 1. The zero-order valence-corrected chi connectivity index (χ0v) is 6.47. The van der Waals surface area contributed by atoms with Crippen molar-refractivity contribution in [2.75, 3.05) is 13.7 Å². The van der Waals surface area contributed by atoms with E-state index in [0.717, 1.165) is 12.0 Å². The average Bonchev–Trinajstić information content (AvgIpc) is 2.30. The number of nitrogens with one attached hydrogen (secondary N) is 1. The first-order chi connectivity index (χ1) is 4.88. The molecule has 2 aliphatic rings. The molecular formula is C8H15NO. The summed E-state index contributed by atoms with van der Waals surface area (Å²) in [5.41, 5.74) is 0. The molecule has 1 saturated carbocycles. The third-order valence-corrected chi connectivity index (χ3v) is 2.79. The van der Waals surface area contributed by atoms with Gasteiger partial charge in [-0.3, -0.25) is 0 Å². The summed E-state index contributed by atoms with van der Waals surface area (Å²) in [7, 11) is 1.83. The van der Waals surface area contributed by atoms with Crippen molar-refractivity contribution in [3.63, 3.8) is 0 Å². The lowest BCUT2D eigenvalue weighted by atomic mass is 9.88. The van der Waals surface area contributed by atoms with Crippen molar-refractivity contribution in [2.45, 2.75) is 31.4 Å². The summed E-state index contributed by atoms with van der Waals surface area (Å²) in [4.78, 5) is 0. The average molecular weight is 141 g/mol. The number of fused-ring (bicyclic) bond motifs is 2. The minimum Gasteiger partial charge on any atom is -0.381 e. The normalized spacial score (nSPS) is 45.9. The molecule has 0 aromatic rings. The second kappa shape index (κ2) is 2.51. The van der Waals surface area contributed by atoms with E-state index in [1.165, 1.54) is 25.8 Å². The van der Waals surface area contributed by atoms with Crippen LogP contribution in [0.25, 0.3) is 0 Å². The van der Waals surface area contributed by atoms with Gasteiger partial charge in [-0.25, -0.2) is 0 Å². The highest BCUT2D eigenvalue weighted by molar-refractivity contribution is 4.90. The van der Waals surface area contributed by atoms with E-state index in [2.05, 4.69) is 5.32 Å². The van der Waals surface area contributed by atoms with Gasteiger partial charge >= 0.3 is 0 Å². The van der Waals surface area contributed by atoms with Crippen LogP contribution in [0.3, 0.4) is 0 Å². The smallest absolute Gasteiger partial charge is 0.0589 e. The molecule has 1 saturated heterocycles. The lowest BCUT2D eigenvalue weighted by Crippen LogP contribution is -2.28. The molecule has 2 nitrogen and oxygen atoms in total. The van der Waals surface area contributed by atoms with Crippen molar-refractivity contribution >= 4 is 0 Å². The van der Waals surface area contributed by atoms with Gasteiger partial charge in [0.2, 0.25) is 0 Å². The van der Waals surface area contributed by atoms with E-state index in [9.17, 15) is 0 Å². The molecule has 1 N–H and O–H groups in total. The molecule has 58 valence electrons. The molecule has 2 bridgehead atoms. The Kier molecular flexibility index (Phi) is 1.66. The standard InChI is InChI=1S/C8H15NO/c1-10-8-3-6-2-7(4-8)9-5-6/h6-9H,2-5H2,1H3/t6-,7+,8+/m0/s1. The fraction of sp³-hybridized carbons (Fsp3) is 1.00. The molecule has 1 aliphatic carbocycles. The third-order valence-electron chi connectivity index (χ3n) is 2.79. The molecule has 1 aliphatic heterocycles. The van der Waals surface area contributed by atoms with Crippen molar-refractivity contribution in [1.82, 2.24) is 5.32 Å². The molecular weight excluding hydrogens is 126 g/mol. The Labute approximate surface area is 61.9 Å². The molecule has 2 heteroatoms. The van der Waals surface area contributed by atoms with Gasteiger partial charge in [0.05, 0.1) is 6.10 Å². The minimum absolute atomic E-state index is 0.541. The van der Waals surface area contributed by atoms with Crippen LogP contribution in [0.2, 0.25) is 0 Å². The molecule has 3 atom stereocenters.